The quantitative estimate of drug-likeness (QED) is 0.278. The minimum absolute atomic E-state index is 0.0573. The van der Waals surface area contributed by atoms with Crippen molar-refractivity contribution in [3.8, 4) is 22.9 Å². The number of hydrogen-bond donors (Lipinski definition) is 5. The van der Waals surface area contributed by atoms with E-state index >= 15 is 0 Å². The monoisotopic (exact) mass is 377 g/mol. The van der Waals surface area contributed by atoms with Crippen molar-refractivity contribution in [2.24, 2.45) is 5.16 Å². The highest BCUT2D eigenvalue weighted by Gasteiger charge is 2.43. The summed E-state index contributed by atoms with van der Waals surface area (Å²) in [5.41, 5.74) is 0.536. The largest absolute Gasteiger partial charge is 0.503 e. The highest BCUT2D eigenvalue weighted by molar-refractivity contribution is 5.80. The lowest BCUT2D eigenvalue weighted by Crippen LogP contribution is -2.58. The van der Waals surface area contributed by atoms with E-state index in [1.807, 2.05) is 0 Å². The van der Waals surface area contributed by atoms with E-state index in [0.717, 1.165) is 6.21 Å². The van der Waals surface area contributed by atoms with Gasteiger partial charge in [-0.05, 0) is 19.1 Å². The zero-order valence-electron chi connectivity index (χ0n) is 14.2. The summed E-state index contributed by atoms with van der Waals surface area (Å²) in [5, 5.41) is 52.0. The van der Waals surface area contributed by atoms with Crippen LogP contribution in [0, 0.1) is 0 Å². The van der Waals surface area contributed by atoms with Crippen LogP contribution < -0.4 is 4.74 Å². The third-order valence-corrected chi connectivity index (χ3v) is 4.13. The van der Waals surface area contributed by atoms with E-state index in [1.165, 1.54) is 19.2 Å². The van der Waals surface area contributed by atoms with Gasteiger partial charge < -0.3 is 35.1 Å². The van der Waals surface area contributed by atoms with Gasteiger partial charge in [-0.1, -0.05) is 11.2 Å². The molecule has 0 spiro atoms. The van der Waals surface area contributed by atoms with Crippen LogP contribution in [0.15, 0.2) is 35.6 Å². The molecule has 5 N–H and O–H groups in total. The maximum atomic E-state index is 10.6. The molecule has 3 heterocycles. The molecule has 144 valence electrons. The van der Waals surface area contributed by atoms with Crippen LogP contribution >= 0.6 is 0 Å². The third-order valence-electron chi connectivity index (χ3n) is 4.13. The average molecular weight is 377 g/mol. The first-order chi connectivity index (χ1) is 12.9. The summed E-state index contributed by atoms with van der Waals surface area (Å²) in [6.07, 6.45) is -3.97. The molecule has 3 rings (SSSR count). The highest BCUT2D eigenvalue weighted by Crippen LogP contribution is 2.37. The Morgan fingerprint density at radius 2 is 1.96 bits per heavy atom. The molecule has 0 bridgehead atoms. The van der Waals surface area contributed by atoms with Crippen LogP contribution in [-0.2, 0) is 4.74 Å². The Balaban J connectivity index is 1.98. The number of aliphatic hydroxyl groups excluding tert-OH is 3. The molecular weight excluding hydrogens is 358 g/mol. The molecule has 1 saturated heterocycles. The lowest BCUT2D eigenvalue weighted by molar-refractivity contribution is -0.268. The molecule has 10 heteroatoms. The lowest BCUT2D eigenvalue weighted by Gasteiger charge is -2.38. The van der Waals surface area contributed by atoms with Crippen LogP contribution in [-0.4, -0.2) is 72.5 Å². The molecule has 10 nitrogen and oxygen atoms in total. The predicted molar refractivity (Wildman–Crippen MR) is 91.5 cm³/mol. The van der Waals surface area contributed by atoms with Crippen molar-refractivity contribution in [2.45, 2.75) is 37.6 Å². The molecule has 0 amide bonds. The zero-order chi connectivity index (χ0) is 19.6. The average Bonchev–Trinajstić information content (AvgIpc) is 2.67. The number of nitrogens with zero attached hydrogens (tertiary/aromatic N) is 3. The number of pyridine rings is 2. The topological polar surface area (TPSA) is 158 Å². The first kappa shape index (κ1) is 19.0. The SMILES string of the molecule is CC1OC(Oc2cc(C=NO)nc(-c3ccccn3)c2O)C(O)C(O)C1O. The first-order valence-electron chi connectivity index (χ1n) is 8.11. The van der Waals surface area contributed by atoms with Gasteiger partial charge in [-0.2, -0.15) is 0 Å². The van der Waals surface area contributed by atoms with Crippen LogP contribution in [0.25, 0.3) is 11.4 Å². The number of aromatic hydroxyl groups is 1. The van der Waals surface area contributed by atoms with E-state index in [1.54, 1.807) is 18.2 Å². The minimum atomic E-state index is -1.56. The number of aliphatic hydroxyl groups is 3. The van der Waals surface area contributed by atoms with E-state index in [-0.39, 0.29) is 22.9 Å². The molecule has 5 atom stereocenters. The van der Waals surface area contributed by atoms with Gasteiger partial charge in [-0.15, -0.1) is 0 Å². The summed E-state index contributed by atoms with van der Waals surface area (Å²) < 4.78 is 10.9. The minimum Gasteiger partial charge on any atom is -0.503 e. The molecule has 0 radical (unpaired) electrons. The molecule has 0 saturated carbocycles. The fourth-order valence-electron chi connectivity index (χ4n) is 2.67. The summed E-state index contributed by atoms with van der Waals surface area (Å²) in [6, 6.07) is 6.26. The van der Waals surface area contributed by atoms with Crippen LogP contribution in [0.1, 0.15) is 12.6 Å². The number of hydrogen-bond acceptors (Lipinski definition) is 10. The van der Waals surface area contributed by atoms with Crippen molar-refractivity contribution in [1.82, 2.24) is 9.97 Å². The summed E-state index contributed by atoms with van der Waals surface area (Å²) in [4.78, 5) is 8.26. The second-order valence-corrected chi connectivity index (χ2v) is 6.00. The maximum Gasteiger partial charge on any atom is 0.229 e. The number of rotatable bonds is 4. The Labute approximate surface area is 154 Å². The van der Waals surface area contributed by atoms with Crippen LogP contribution in [0.3, 0.4) is 0 Å². The van der Waals surface area contributed by atoms with Gasteiger partial charge in [0, 0.05) is 12.3 Å². The summed E-state index contributed by atoms with van der Waals surface area (Å²) in [6.45, 7) is 1.51. The van der Waals surface area contributed by atoms with Crippen molar-refractivity contribution in [3.05, 3.63) is 36.2 Å². The van der Waals surface area contributed by atoms with E-state index in [9.17, 15) is 20.4 Å². The number of oxime groups is 1. The molecule has 5 unspecified atom stereocenters. The molecule has 2 aromatic heterocycles. The van der Waals surface area contributed by atoms with E-state index in [4.69, 9.17) is 14.7 Å². The standard InChI is InChI=1S/C17H19N3O7/c1-8-13(21)15(23)16(24)17(26-8)27-11-6-9(7-19-25)20-12(14(11)22)10-4-2-3-5-18-10/h2-8,13,15-17,21-25H,1H3. The van der Waals surface area contributed by atoms with Crippen molar-refractivity contribution >= 4 is 6.21 Å². The predicted octanol–water partition coefficient (Wildman–Crippen LogP) is -0.136. The second-order valence-electron chi connectivity index (χ2n) is 6.00. The highest BCUT2D eigenvalue weighted by atomic mass is 16.7. The van der Waals surface area contributed by atoms with Gasteiger partial charge in [0.25, 0.3) is 0 Å². The Kier molecular flexibility index (Phi) is 5.51. The second kappa shape index (κ2) is 7.84. The summed E-state index contributed by atoms with van der Waals surface area (Å²) in [5.74, 6) is -0.520. The van der Waals surface area contributed by atoms with Gasteiger partial charge in [-0.25, -0.2) is 4.98 Å². The number of aromatic nitrogens is 2. The fourth-order valence-corrected chi connectivity index (χ4v) is 2.67. The molecule has 2 aromatic rings. The Morgan fingerprint density at radius 3 is 2.63 bits per heavy atom. The molecule has 0 aliphatic carbocycles. The molecule has 0 aromatic carbocycles. The van der Waals surface area contributed by atoms with Crippen LogP contribution in [0.4, 0.5) is 0 Å². The van der Waals surface area contributed by atoms with E-state index in [2.05, 4.69) is 15.1 Å². The summed E-state index contributed by atoms with van der Waals surface area (Å²) in [7, 11) is 0. The van der Waals surface area contributed by atoms with Crippen molar-refractivity contribution < 1.29 is 35.1 Å². The van der Waals surface area contributed by atoms with Gasteiger partial charge >= 0.3 is 0 Å². The van der Waals surface area contributed by atoms with E-state index < -0.39 is 30.7 Å². The lowest BCUT2D eigenvalue weighted by atomic mass is 10.00. The Bertz CT molecular complexity index is 818. The molecule has 1 fully saturated rings. The van der Waals surface area contributed by atoms with Gasteiger partial charge in [0.05, 0.1) is 23.7 Å². The fraction of sp³-hybridized carbons (Fsp3) is 0.353. The van der Waals surface area contributed by atoms with Crippen molar-refractivity contribution in [3.63, 3.8) is 0 Å². The molecule has 1 aliphatic heterocycles. The Morgan fingerprint density at radius 1 is 1.19 bits per heavy atom. The van der Waals surface area contributed by atoms with Crippen molar-refractivity contribution in [1.29, 1.82) is 0 Å². The van der Waals surface area contributed by atoms with Gasteiger partial charge in [0.2, 0.25) is 6.29 Å². The normalized spacial score (nSPS) is 28.4. The van der Waals surface area contributed by atoms with E-state index in [0.29, 0.717) is 5.69 Å². The van der Waals surface area contributed by atoms with Crippen molar-refractivity contribution in [2.75, 3.05) is 0 Å². The first-order valence-corrected chi connectivity index (χ1v) is 8.11. The third kappa shape index (κ3) is 3.83. The maximum absolute atomic E-state index is 10.6. The van der Waals surface area contributed by atoms with Gasteiger partial charge in [-0.3, -0.25) is 4.98 Å². The van der Waals surface area contributed by atoms with Crippen LogP contribution in [0.5, 0.6) is 11.5 Å². The zero-order valence-corrected chi connectivity index (χ0v) is 14.2. The van der Waals surface area contributed by atoms with Gasteiger partial charge in [0.15, 0.2) is 11.5 Å². The summed E-state index contributed by atoms with van der Waals surface area (Å²) >= 11 is 0. The van der Waals surface area contributed by atoms with Gasteiger partial charge in [0.1, 0.15) is 24.0 Å². The van der Waals surface area contributed by atoms with Crippen LogP contribution in [0.2, 0.25) is 0 Å². The molecule has 27 heavy (non-hydrogen) atoms. The smallest absolute Gasteiger partial charge is 0.229 e. The molecule has 1 aliphatic rings. The Hall–Kier alpha value is -2.79. The molecular formula is C17H19N3O7. The number of ether oxygens (including phenoxy) is 2.